The minimum atomic E-state index is -2.59. The zero-order chi connectivity index (χ0) is 82.3. The maximum absolute atomic E-state index is 15.8. The number of carbonyl (C=O) groups excluding carboxylic acids is 11. The first-order valence-electron chi connectivity index (χ1n) is 35.9. The van der Waals surface area contributed by atoms with Gasteiger partial charge in [-0.1, -0.05) is 96.5 Å². The molecule has 1 aliphatic heterocycles. The molecule has 1 saturated heterocycles. The number of para-hydroxylation sites is 1. The number of H-pyrrole nitrogens is 1. The molecule has 0 saturated carbocycles. The Morgan fingerprint density at radius 3 is 1.51 bits per heavy atom. The number of aliphatic hydroxyl groups is 1. The smallest absolute Gasteiger partial charge is 0.245 e. The van der Waals surface area contributed by atoms with Crippen molar-refractivity contribution in [3.05, 3.63) is 183 Å². The highest BCUT2D eigenvalue weighted by Crippen LogP contribution is 2.27. The number of hydrogen-bond donors (Lipinski definition) is 17. The fourth-order valence-corrected chi connectivity index (χ4v) is 12.8. The molecule has 11 amide bonds. The lowest BCUT2D eigenvalue weighted by Crippen LogP contribution is -2.61. The zero-order valence-corrected chi connectivity index (χ0v) is 62.1. The van der Waals surface area contributed by atoms with E-state index >= 15 is 31.9 Å². The van der Waals surface area contributed by atoms with Crippen LogP contribution in [0.3, 0.4) is 0 Å². The maximum atomic E-state index is 15.8. The number of aromatic amines is 1. The lowest BCUT2D eigenvalue weighted by molar-refractivity contribution is -0.142. The maximum Gasteiger partial charge on any atom is 0.245 e. The Kier molecular flexibility index (Phi) is 30.8. The van der Waals surface area contributed by atoms with Crippen molar-refractivity contribution in [3.63, 3.8) is 0 Å². The quantitative estimate of drug-likeness (QED) is 0.00637. The molecule has 8 rings (SSSR count). The number of rotatable bonds is 38. The average molecular weight is 1590 g/mol. The van der Waals surface area contributed by atoms with E-state index in [1.54, 1.807) is 60.8 Å². The summed E-state index contributed by atoms with van der Waals surface area (Å²) < 4.78 is 76.2. The third-order valence-electron chi connectivity index (χ3n) is 18.6. The minimum absolute atomic E-state index is 0.0240. The second-order valence-corrected chi connectivity index (χ2v) is 27.4. The van der Waals surface area contributed by atoms with E-state index in [0.29, 0.717) is 32.6 Å². The van der Waals surface area contributed by atoms with Crippen molar-refractivity contribution >= 4 is 110 Å². The number of primary amides is 1. The van der Waals surface area contributed by atoms with Gasteiger partial charge in [-0.2, -0.15) is 0 Å². The van der Waals surface area contributed by atoms with Crippen LogP contribution in [0.1, 0.15) is 80.2 Å². The van der Waals surface area contributed by atoms with Gasteiger partial charge >= 0.3 is 0 Å². The monoisotopic (exact) mass is 1590 g/mol. The number of benzene rings is 6. The number of aliphatic imine (C=N–C) groups is 2. The van der Waals surface area contributed by atoms with E-state index in [4.69, 9.17) is 40.3 Å². The molecule has 2 heterocycles. The van der Waals surface area contributed by atoms with E-state index in [2.05, 4.69) is 62.8 Å². The Balaban J connectivity index is 1.10. The van der Waals surface area contributed by atoms with Gasteiger partial charge in [0.15, 0.2) is 35.2 Å². The molecule has 37 heteroatoms. The number of phenols is 1. The van der Waals surface area contributed by atoms with Gasteiger partial charge < -0.3 is 96.6 Å². The molecule has 0 aliphatic carbocycles. The van der Waals surface area contributed by atoms with Gasteiger partial charge in [0.25, 0.3) is 0 Å². The number of aromatic nitrogens is 1. The first-order chi connectivity index (χ1) is 53.8. The first-order valence-corrected chi connectivity index (χ1v) is 36.2. The van der Waals surface area contributed by atoms with E-state index in [9.17, 15) is 53.0 Å². The van der Waals surface area contributed by atoms with Gasteiger partial charge in [0.2, 0.25) is 70.8 Å². The molecule has 31 nitrogen and oxygen atoms in total. The highest BCUT2D eigenvalue weighted by molar-refractivity contribution is 6.30. The fourth-order valence-electron chi connectivity index (χ4n) is 12.7. The van der Waals surface area contributed by atoms with Crippen LogP contribution in [-0.4, -0.2) is 184 Å². The molecule has 113 heavy (non-hydrogen) atoms. The Morgan fingerprint density at radius 2 is 0.965 bits per heavy atom. The zero-order valence-electron chi connectivity index (χ0n) is 61.3. The van der Waals surface area contributed by atoms with Gasteiger partial charge in [-0.05, 0) is 109 Å². The predicted octanol–water partition coefficient (Wildman–Crippen LogP) is 0.868. The Labute approximate surface area is 649 Å². The molecule has 6 aromatic carbocycles. The number of carbonyl (C=O) groups is 11. The number of aromatic hydroxyl groups is 1. The third-order valence-corrected chi connectivity index (χ3v) is 18.8. The molecule has 1 fully saturated rings. The number of likely N-dealkylation sites (tertiary alicyclic amines) is 1. The number of halogens is 6. The van der Waals surface area contributed by atoms with Gasteiger partial charge in [-0.15, -0.1) is 0 Å². The van der Waals surface area contributed by atoms with Crippen LogP contribution in [0.2, 0.25) is 5.02 Å². The lowest BCUT2D eigenvalue weighted by Gasteiger charge is -2.31. The van der Waals surface area contributed by atoms with E-state index in [1.807, 2.05) is 36.4 Å². The number of nitrogens with two attached hydrogens (primary N) is 5. The van der Waals surface area contributed by atoms with E-state index in [-0.39, 0.29) is 88.3 Å². The van der Waals surface area contributed by atoms with Crippen molar-refractivity contribution in [2.75, 3.05) is 26.2 Å². The number of fused-ring (bicyclic) bond motifs is 2. The summed E-state index contributed by atoms with van der Waals surface area (Å²) in [5.74, 6) is -25.0. The molecule has 0 unspecified atom stereocenters. The Hall–Kier alpha value is -12.5. The van der Waals surface area contributed by atoms with Gasteiger partial charge in [-0.3, -0.25) is 62.7 Å². The molecule has 7 aromatic rings. The Bertz CT molecular complexity index is 4680. The Morgan fingerprint density at radius 1 is 0.522 bits per heavy atom. The third kappa shape index (κ3) is 24.3. The van der Waals surface area contributed by atoms with Gasteiger partial charge in [0.05, 0.1) is 6.61 Å². The summed E-state index contributed by atoms with van der Waals surface area (Å²) in [4.78, 5) is 169. The van der Waals surface area contributed by atoms with Crippen LogP contribution in [0.25, 0.3) is 21.7 Å². The summed E-state index contributed by atoms with van der Waals surface area (Å²) in [6.07, 6.45) is -2.04. The van der Waals surface area contributed by atoms with Crippen LogP contribution in [-0.2, 0) is 84.8 Å². The molecule has 22 N–H and O–H groups in total. The van der Waals surface area contributed by atoms with Gasteiger partial charge in [-0.25, -0.2) is 22.0 Å². The second-order valence-electron chi connectivity index (χ2n) is 27.0. The highest BCUT2D eigenvalue weighted by atomic mass is 35.5. The van der Waals surface area contributed by atoms with Crippen LogP contribution >= 0.6 is 11.6 Å². The van der Waals surface area contributed by atoms with Crippen LogP contribution in [0.4, 0.5) is 22.0 Å². The van der Waals surface area contributed by atoms with Crippen LogP contribution in [0.15, 0.2) is 131 Å². The van der Waals surface area contributed by atoms with E-state index < -0.39 is 192 Å². The van der Waals surface area contributed by atoms with Crippen molar-refractivity contribution in [2.45, 2.75) is 145 Å². The van der Waals surface area contributed by atoms with Gasteiger partial charge in [0.1, 0.15) is 66.2 Å². The van der Waals surface area contributed by atoms with Crippen molar-refractivity contribution in [2.24, 2.45) is 38.7 Å². The van der Waals surface area contributed by atoms with Crippen LogP contribution in [0.5, 0.6) is 5.75 Å². The molecule has 10 atom stereocenters. The molecule has 1 aromatic heterocycles. The van der Waals surface area contributed by atoms with Crippen LogP contribution in [0, 0.1) is 29.1 Å². The summed E-state index contributed by atoms with van der Waals surface area (Å²) in [7, 11) is 0. The number of phenolic OH excluding ortho intramolecular Hbond substituents is 1. The summed E-state index contributed by atoms with van der Waals surface area (Å²) >= 11 is 6.25. The molecular formula is C76H88ClF5N18O13. The topological polar surface area (TPSA) is 510 Å². The highest BCUT2D eigenvalue weighted by Gasteiger charge is 2.41. The van der Waals surface area contributed by atoms with Crippen molar-refractivity contribution in [1.29, 1.82) is 0 Å². The molecule has 0 radical (unpaired) electrons. The minimum Gasteiger partial charge on any atom is -0.508 e. The largest absolute Gasteiger partial charge is 0.508 e. The molecule has 602 valence electrons. The predicted molar refractivity (Wildman–Crippen MR) is 406 cm³/mol. The second kappa shape index (κ2) is 40.5. The number of amides is 11. The lowest BCUT2D eigenvalue weighted by atomic mass is 9.99. The summed E-state index contributed by atoms with van der Waals surface area (Å²) in [5.41, 5.74) is 28.4. The van der Waals surface area contributed by atoms with Gasteiger partial charge in [0, 0.05) is 86.3 Å². The molecule has 1 aliphatic rings. The normalized spacial score (nSPS) is 14.9. The number of aliphatic hydroxyl groups excluding tert-OH is 1. The standard InChI is InChI=1S/C76H88ClF5N18O13/c1-38(65(83)104)91-73(112)59-16-9-29-100(59)74(113)52(15-8-28-89-76(86)87)94-71(110)57(35-49-60(78)62(80)64(82)63(81)61(49)79)98-66(105)51(14-7-27-88-75(84)85)93-68(107)54(32-41-20-25-47(103)26-21-41)96-72(111)58(37-101)99-70(109)56(34-45-36-90-50-13-6-5-12-48(45)50)97-69(108)55(31-40-18-23-46(77)24-19-40)95-67(106)53(92-39(2)102)33-42-17-22-43-10-3-4-11-44(43)30-42/h3-6,10-13,17-26,30,36,38,51-59,90,101,103H,7-9,14-16,27-29,31-35,37H2,1-2H3,(H2,83,104)(H,91,112)(H,92,102)(H,93,107)(H,94,110)(H,95,106)(H,96,111)(H,97,108)(H,98,105)(H,99,109)(H4,84,85,88)(H4,86,87,89)/t38-,51-,52-,53-,54-,55-,56+,57-,58-,59-/m0/s1. The summed E-state index contributed by atoms with van der Waals surface area (Å²) in [6, 6.07) is 14.4. The van der Waals surface area contributed by atoms with Crippen LogP contribution < -0.4 is 76.5 Å². The molecule has 0 bridgehead atoms. The van der Waals surface area contributed by atoms with Crippen molar-refractivity contribution < 1.29 is 84.9 Å². The first kappa shape index (κ1) is 86.1. The number of nitrogens with zero attached hydrogens (tertiary/aromatic N) is 3. The summed E-state index contributed by atoms with van der Waals surface area (Å²) in [5, 5.41) is 46.4. The average Bonchev–Trinajstić information content (AvgIpc) is 1.67. The number of hydrogen-bond acceptors (Lipinski definition) is 15. The SMILES string of the molecule is CC(=O)N[C@@H](Cc1ccc2ccccc2c1)C(=O)N[C@@H](Cc1ccc(Cl)cc1)C(=O)N[C@H](Cc1c[nH]c2ccccc12)C(=O)N[C@@H](CO)C(=O)N[C@@H](Cc1ccc(O)cc1)C(=O)N[C@@H](CCCN=C(N)N)C(=O)N[C@@H](Cc1c(F)c(F)c(F)c(F)c1F)C(=O)N[C@@H](CCCN=C(N)N)C(=O)N1CCC[C@H]1C(=O)N[C@@H](C)C(N)=O. The van der Waals surface area contributed by atoms with Crippen molar-refractivity contribution in [1.82, 2.24) is 57.7 Å². The number of nitrogens with one attached hydrogen (secondary N) is 10. The molecular weight excluding hydrogens is 1500 g/mol. The summed E-state index contributed by atoms with van der Waals surface area (Å²) in [6.45, 7) is 0.736. The number of guanidine groups is 2. The van der Waals surface area contributed by atoms with E-state index in [0.717, 1.165) is 15.7 Å². The molecule has 0 spiro atoms. The van der Waals surface area contributed by atoms with Crippen molar-refractivity contribution in [3.8, 4) is 5.75 Å². The van der Waals surface area contributed by atoms with E-state index in [1.165, 1.54) is 38.1 Å². The fraction of sp³-hybridized carbons (Fsp3) is 0.355.